The Kier molecular flexibility index (Phi) is 7.47. The molecule has 0 aliphatic heterocycles. The second kappa shape index (κ2) is 13.4. The van der Waals surface area contributed by atoms with Crippen molar-refractivity contribution in [2.75, 3.05) is 0 Å². The van der Waals surface area contributed by atoms with Crippen LogP contribution in [0.4, 0.5) is 0 Å². The van der Waals surface area contributed by atoms with Gasteiger partial charge in [0, 0.05) is 35.6 Å². The first kappa shape index (κ1) is 35.0. The van der Waals surface area contributed by atoms with Crippen LogP contribution < -0.4 is 0 Å². The highest BCUT2D eigenvalue weighted by molar-refractivity contribution is 7.26. The van der Waals surface area contributed by atoms with Gasteiger partial charge in [-0.3, -0.25) is 4.40 Å². The van der Waals surface area contributed by atoms with E-state index in [1.54, 1.807) is 0 Å². The molecule has 14 rings (SSSR count). The first-order valence-electron chi connectivity index (χ1n) is 21.4. The summed E-state index contributed by atoms with van der Waals surface area (Å²) in [5.41, 5.74) is 12.8. The summed E-state index contributed by atoms with van der Waals surface area (Å²) in [5, 5.41) is 12.6. The van der Waals surface area contributed by atoms with Crippen LogP contribution in [0.15, 0.2) is 206 Å². The van der Waals surface area contributed by atoms with Gasteiger partial charge in [-0.05, 0) is 114 Å². The molecule has 0 N–H and O–H groups in total. The molecule has 0 radical (unpaired) electrons. The van der Waals surface area contributed by atoms with Crippen LogP contribution in [0, 0.1) is 0 Å². The quantitative estimate of drug-likeness (QED) is 0.161. The van der Waals surface area contributed by atoms with Crippen molar-refractivity contribution in [2.24, 2.45) is 0 Å². The molecule has 0 atom stereocenters. The minimum Gasteiger partial charge on any atom is -0.291 e. The van der Waals surface area contributed by atoms with Crippen LogP contribution in [0.3, 0.4) is 0 Å². The summed E-state index contributed by atoms with van der Waals surface area (Å²) in [4.78, 5) is 5.40. The van der Waals surface area contributed by atoms with Gasteiger partial charge >= 0.3 is 0 Å². The minimum atomic E-state index is 1.01. The summed E-state index contributed by atoms with van der Waals surface area (Å²) in [6.07, 6.45) is 0. The molecule has 4 heterocycles. The van der Waals surface area contributed by atoms with Crippen LogP contribution in [0.5, 0.6) is 0 Å². The molecule has 0 bridgehead atoms. The summed E-state index contributed by atoms with van der Waals surface area (Å²) >= 11 is 3.72. The third-order valence-corrected chi connectivity index (χ3v) is 15.6. The molecule has 292 valence electrons. The maximum Gasteiger partial charge on any atom is 0.156 e. The van der Waals surface area contributed by atoms with E-state index in [-0.39, 0.29) is 0 Å². The van der Waals surface area contributed by atoms with Gasteiger partial charge in [-0.2, -0.15) is 0 Å². The van der Waals surface area contributed by atoms with Crippen molar-refractivity contribution >= 4 is 112 Å². The van der Waals surface area contributed by atoms with Gasteiger partial charge in [0.2, 0.25) is 0 Å². The maximum absolute atomic E-state index is 5.40. The van der Waals surface area contributed by atoms with Gasteiger partial charge in [0.05, 0.1) is 21.4 Å². The molecule has 0 spiro atoms. The topological polar surface area (TPSA) is 17.3 Å². The fraction of sp³-hybridized carbons (Fsp3) is 0. The molecule has 4 aromatic heterocycles. The highest BCUT2D eigenvalue weighted by Gasteiger charge is 2.19. The number of rotatable bonds is 4. The van der Waals surface area contributed by atoms with Gasteiger partial charge in [-0.25, -0.2) is 4.98 Å². The Morgan fingerprint density at radius 3 is 1.49 bits per heavy atom. The van der Waals surface area contributed by atoms with E-state index in [9.17, 15) is 0 Å². The number of thiophene rings is 2. The lowest BCUT2D eigenvalue weighted by molar-refractivity contribution is 1.25. The molecule has 0 aliphatic rings. The van der Waals surface area contributed by atoms with Crippen LogP contribution in [0.25, 0.3) is 134 Å². The fourth-order valence-corrected chi connectivity index (χ4v) is 12.5. The molecular weight excluding hydrogens is 801 g/mol. The van der Waals surface area contributed by atoms with Gasteiger partial charge in [0.25, 0.3) is 0 Å². The van der Waals surface area contributed by atoms with Crippen molar-refractivity contribution in [1.82, 2.24) is 9.38 Å². The predicted molar refractivity (Wildman–Crippen MR) is 273 cm³/mol. The Labute approximate surface area is 370 Å². The van der Waals surface area contributed by atoms with Gasteiger partial charge in [-0.15, -0.1) is 22.7 Å². The van der Waals surface area contributed by atoms with E-state index >= 15 is 0 Å². The lowest BCUT2D eigenvalue weighted by Gasteiger charge is -2.14. The van der Waals surface area contributed by atoms with Crippen LogP contribution >= 0.6 is 22.7 Å². The van der Waals surface area contributed by atoms with Crippen LogP contribution in [-0.4, -0.2) is 9.38 Å². The SMILES string of the molecule is c1ccc2cc3cc4c(cc3cc2c1)nc1c2sc3ccccc3c2cc(-c2ccc(-c3ccc(-c5ccc(-c6cccc7c6sc6ccccc67)cc5)c5ccccc35)cc2)n41. The Hall–Kier alpha value is -7.63. The average Bonchev–Trinajstić information content (AvgIpc) is 4.04. The molecule has 63 heavy (non-hydrogen) atoms. The van der Waals surface area contributed by atoms with Crippen molar-refractivity contribution < 1.29 is 0 Å². The molecule has 0 saturated heterocycles. The summed E-state index contributed by atoms with van der Waals surface area (Å²) in [7, 11) is 0. The van der Waals surface area contributed by atoms with Crippen LogP contribution in [0.2, 0.25) is 0 Å². The van der Waals surface area contributed by atoms with E-state index in [0.717, 1.165) is 27.9 Å². The molecule has 0 aliphatic carbocycles. The molecular formula is C59H34N2S2. The third kappa shape index (κ3) is 5.32. The van der Waals surface area contributed by atoms with Crippen molar-refractivity contribution in [2.45, 2.75) is 0 Å². The highest BCUT2D eigenvalue weighted by Crippen LogP contribution is 2.44. The molecule has 0 amide bonds. The van der Waals surface area contributed by atoms with Gasteiger partial charge in [-0.1, -0.05) is 164 Å². The van der Waals surface area contributed by atoms with Gasteiger partial charge < -0.3 is 0 Å². The zero-order chi connectivity index (χ0) is 41.2. The van der Waals surface area contributed by atoms with Crippen molar-refractivity contribution in [1.29, 1.82) is 0 Å². The molecule has 4 heteroatoms. The molecule has 0 saturated carbocycles. The van der Waals surface area contributed by atoms with E-state index in [4.69, 9.17) is 4.98 Å². The first-order valence-corrected chi connectivity index (χ1v) is 23.1. The van der Waals surface area contributed by atoms with Gasteiger partial charge in [0.1, 0.15) is 0 Å². The number of hydrogen-bond donors (Lipinski definition) is 0. The molecule has 0 fully saturated rings. The van der Waals surface area contributed by atoms with E-state index in [2.05, 4.69) is 211 Å². The molecule has 0 unspecified atom stereocenters. The Bertz CT molecular complexity index is 4190. The monoisotopic (exact) mass is 834 g/mol. The van der Waals surface area contributed by atoms with Crippen molar-refractivity contribution in [3.05, 3.63) is 206 Å². The number of hydrogen-bond acceptors (Lipinski definition) is 3. The Balaban J connectivity index is 0.879. The summed E-state index contributed by atoms with van der Waals surface area (Å²) < 4.78 is 7.57. The zero-order valence-electron chi connectivity index (χ0n) is 33.8. The second-order valence-corrected chi connectivity index (χ2v) is 18.8. The predicted octanol–water partition coefficient (Wildman–Crippen LogP) is 17.4. The summed E-state index contributed by atoms with van der Waals surface area (Å²) in [6.45, 7) is 0. The Morgan fingerprint density at radius 1 is 0.333 bits per heavy atom. The first-order chi connectivity index (χ1) is 31.2. The number of imidazole rings is 1. The molecule has 10 aromatic carbocycles. The van der Waals surface area contributed by atoms with Crippen molar-refractivity contribution in [3.8, 4) is 44.6 Å². The average molecular weight is 835 g/mol. The van der Waals surface area contributed by atoms with E-state index in [0.29, 0.717) is 0 Å². The number of benzene rings is 10. The lowest BCUT2D eigenvalue weighted by atomic mass is 9.91. The molecule has 2 nitrogen and oxygen atoms in total. The van der Waals surface area contributed by atoms with E-state index < -0.39 is 0 Å². The minimum absolute atomic E-state index is 1.01. The number of aromatic nitrogens is 2. The third-order valence-electron chi connectivity index (χ3n) is 13.2. The normalized spacial score (nSPS) is 12.1. The highest BCUT2D eigenvalue weighted by atomic mass is 32.1. The second-order valence-electron chi connectivity index (χ2n) is 16.7. The maximum atomic E-state index is 5.40. The van der Waals surface area contributed by atoms with E-state index in [1.165, 1.54) is 106 Å². The number of fused-ring (bicyclic) bond motifs is 13. The largest absolute Gasteiger partial charge is 0.291 e. The van der Waals surface area contributed by atoms with Crippen LogP contribution in [-0.2, 0) is 0 Å². The smallest absolute Gasteiger partial charge is 0.156 e. The summed E-state index contributed by atoms with van der Waals surface area (Å²) in [6, 6.07) is 76.2. The number of nitrogens with zero attached hydrogens (tertiary/aromatic N) is 2. The van der Waals surface area contributed by atoms with E-state index in [1.807, 2.05) is 22.7 Å². The van der Waals surface area contributed by atoms with Gasteiger partial charge in [0.15, 0.2) is 5.65 Å². The number of pyridine rings is 1. The fourth-order valence-electron chi connectivity index (χ4n) is 10.1. The van der Waals surface area contributed by atoms with Crippen LogP contribution in [0.1, 0.15) is 0 Å². The molecule has 14 aromatic rings. The summed E-state index contributed by atoms with van der Waals surface area (Å²) in [5.74, 6) is 0. The lowest BCUT2D eigenvalue weighted by Crippen LogP contribution is -1.93. The standard InChI is InChI=1S/C59H34N2S2/c1-2-11-40-31-42-33-54-52(32-41(42)30-39(40)10-1)60-59-58-51(49-15-6-8-19-56(49)63-58)34-53(61(54)59)38-26-24-36(25-27-38)44-29-28-43(46-12-3-4-13-47(44)46)35-20-22-37(23-21-35)45-16-9-17-50-48-14-5-7-18-55(48)62-57(45)50/h1-34H. The zero-order valence-corrected chi connectivity index (χ0v) is 35.5. The van der Waals surface area contributed by atoms with Crippen molar-refractivity contribution in [3.63, 3.8) is 0 Å². The Morgan fingerprint density at radius 2 is 0.841 bits per heavy atom.